The molecule has 0 unspecified atom stereocenters. The first-order valence-electron chi connectivity index (χ1n) is 11.7. The Labute approximate surface area is 201 Å². The number of likely N-dealkylation sites (tertiary alicyclic amines) is 1. The van der Waals surface area contributed by atoms with E-state index >= 15 is 0 Å². The fourth-order valence-corrected chi connectivity index (χ4v) is 4.48. The van der Waals surface area contributed by atoms with Gasteiger partial charge in [-0.25, -0.2) is 0 Å². The fourth-order valence-electron chi connectivity index (χ4n) is 4.48. The molecule has 0 saturated carbocycles. The summed E-state index contributed by atoms with van der Waals surface area (Å²) >= 11 is 0. The minimum Gasteiger partial charge on any atom is -0.408 e. The Morgan fingerprint density at radius 1 is 1.14 bits per heavy atom. The summed E-state index contributed by atoms with van der Waals surface area (Å²) in [5, 5.41) is 15.9. The Morgan fingerprint density at radius 3 is 2.51 bits per heavy atom. The third-order valence-electron chi connectivity index (χ3n) is 6.29. The quantitative estimate of drug-likeness (QED) is 0.202. The maximum atomic E-state index is 13.9. The average Bonchev–Trinajstić information content (AvgIpc) is 3.52. The van der Waals surface area contributed by atoms with Gasteiger partial charge in [-0.15, -0.1) is 0 Å². The molecule has 1 aliphatic heterocycles. The van der Waals surface area contributed by atoms with E-state index in [2.05, 4.69) is 22.2 Å². The van der Waals surface area contributed by atoms with Gasteiger partial charge in [0, 0.05) is 12.1 Å². The standard InChI is InChI=1S/C25H28F3N5O2/c1-2-4-16-6-8-17(9-7-16)10-11-18-12-13-19(15-20(18)25(26,27)28)22-30-23(35-32-22)21-5-3-14-33(21)24(29)31-34/h6-9,12-13,15,21,34H,2-5,10-11,14H2,1H3,(H2,29,31)/t21-/m0/s1. The highest BCUT2D eigenvalue weighted by Gasteiger charge is 2.35. The van der Waals surface area contributed by atoms with Crippen molar-refractivity contribution in [3.8, 4) is 11.4 Å². The van der Waals surface area contributed by atoms with E-state index in [1.54, 1.807) is 11.0 Å². The summed E-state index contributed by atoms with van der Waals surface area (Å²) in [7, 11) is 0. The van der Waals surface area contributed by atoms with E-state index in [1.807, 2.05) is 24.3 Å². The van der Waals surface area contributed by atoms with Gasteiger partial charge in [0.1, 0.15) is 6.04 Å². The van der Waals surface area contributed by atoms with Gasteiger partial charge in [-0.1, -0.05) is 60.1 Å². The highest BCUT2D eigenvalue weighted by atomic mass is 19.4. The van der Waals surface area contributed by atoms with Gasteiger partial charge in [0.05, 0.1) is 5.56 Å². The number of benzene rings is 2. The highest BCUT2D eigenvalue weighted by Crippen LogP contribution is 2.36. The number of oxime groups is 1. The molecule has 4 rings (SSSR count). The molecule has 7 nitrogen and oxygen atoms in total. The second kappa shape index (κ2) is 10.4. The van der Waals surface area contributed by atoms with Crippen LogP contribution in [0.1, 0.15) is 60.4 Å². The molecule has 35 heavy (non-hydrogen) atoms. The molecule has 186 valence electrons. The Balaban J connectivity index is 1.54. The number of rotatable bonds is 7. The molecule has 0 aliphatic carbocycles. The number of guanidine groups is 1. The fraction of sp³-hybridized carbons (Fsp3) is 0.400. The van der Waals surface area contributed by atoms with Gasteiger partial charge >= 0.3 is 6.18 Å². The molecule has 1 saturated heterocycles. The van der Waals surface area contributed by atoms with Crippen molar-refractivity contribution >= 4 is 5.96 Å². The summed E-state index contributed by atoms with van der Waals surface area (Å²) in [6.07, 6.45) is -0.303. The molecule has 2 heterocycles. The average molecular weight is 488 g/mol. The number of alkyl halides is 3. The Kier molecular flexibility index (Phi) is 7.28. The predicted octanol–water partition coefficient (Wildman–Crippen LogP) is 5.33. The van der Waals surface area contributed by atoms with Crippen LogP contribution in [0.15, 0.2) is 52.1 Å². The molecular formula is C25H28F3N5O2. The van der Waals surface area contributed by atoms with E-state index in [1.165, 1.54) is 11.6 Å². The van der Waals surface area contributed by atoms with Crippen LogP contribution in [0.2, 0.25) is 0 Å². The third kappa shape index (κ3) is 5.58. The molecule has 0 amide bonds. The lowest BCUT2D eigenvalue weighted by molar-refractivity contribution is -0.138. The van der Waals surface area contributed by atoms with Crippen LogP contribution in [0.3, 0.4) is 0 Å². The van der Waals surface area contributed by atoms with Crippen molar-refractivity contribution in [2.24, 2.45) is 10.9 Å². The topological polar surface area (TPSA) is 101 Å². The minimum atomic E-state index is -4.52. The van der Waals surface area contributed by atoms with Crippen LogP contribution in [0.5, 0.6) is 0 Å². The lowest BCUT2D eigenvalue weighted by Gasteiger charge is -2.21. The summed E-state index contributed by atoms with van der Waals surface area (Å²) < 4.78 is 47.1. The lowest BCUT2D eigenvalue weighted by atomic mass is 9.96. The summed E-state index contributed by atoms with van der Waals surface area (Å²) in [6.45, 7) is 2.66. The first kappa shape index (κ1) is 24.6. The smallest absolute Gasteiger partial charge is 0.408 e. The van der Waals surface area contributed by atoms with Crippen LogP contribution in [0, 0.1) is 0 Å². The molecule has 3 N–H and O–H groups in total. The van der Waals surface area contributed by atoms with E-state index in [0.29, 0.717) is 19.4 Å². The summed E-state index contributed by atoms with van der Waals surface area (Å²) in [5.74, 6) is 0.208. The maximum Gasteiger partial charge on any atom is 0.416 e. The zero-order chi connectivity index (χ0) is 25.0. The monoisotopic (exact) mass is 487 g/mol. The summed E-state index contributed by atoms with van der Waals surface area (Å²) in [5.41, 5.74) is 7.66. The number of halogens is 3. The number of aromatic nitrogens is 2. The van der Waals surface area contributed by atoms with Gasteiger partial charge < -0.3 is 20.4 Å². The van der Waals surface area contributed by atoms with Gasteiger partial charge in [0.25, 0.3) is 0 Å². The first-order valence-corrected chi connectivity index (χ1v) is 11.7. The van der Waals surface area contributed by atoms with Gasteiger partial charge in [-0.2, -0.15) is 18.2 Å². The van der Waals surface area contributed by atoms with Crippen LogP contribution < -0.4 is 5.73 Å². The van der Waals surface area contributed by atoms with E-state index in [-0.39, 0.29) is 35.2 Å². The zero-order valence-corrected chi connectivity index (χ0v) is 19.4. The van der Waals surface area contributed by atoms with E-state index in [0.717, 1.165) is 30.9 Å². The zero-order valence-electron chi connectivity index (χ0n) is 19.4. The van der Waals surface area contributed by atoms with Gasteiger partial charge in [-0.05, 0) is 54.9 Å². The van der Waals surface area contributed by atoms with Crippen molar-refractivity contribution in [1.29, 1.82) is 0 Å². The van der Waals surface area contributed by atoms with E-state index in [4.69, 9.17) is 15.5 Å². The second-order valence-electron chi connectivity index (χ2n) is 8.70. The Bertz CT molecular complexity index is 1170. The maximum absolute atomic E-state index is 13.9. The van der Waals surface area contributed by atoms with Crippen LogP contribution >= 0.6 is 0 Å². The van der Waals surface area contributed by atoms with Gasteiger partial charge in [-0.3, -0.25) is 0 Å². The molecular weight excluding hydrogens is 459 g/mol. The first-order chi connectivity index (χ1) is 16.8. The molecule has 1 aliphatic rings. The molecule has 0 spiro atoms. The van der Waals surface area contributed by atoms with Crippen LogP contribution in [-0.4, -0.2) is 32.8 Å². The van der Waals surface area contributed by atoms with Crippen molar-refractivity contribution < 1.29 is 22.9 Å². The normalized spacial score (nSPS) is 16.7. The largest absolute Gasteiger partial charge is 0.416 e. The second-order valence-corrected chi connectivity index (χ2v) is 8.70. The number of nitrogens with two attached hydrogens (primary N) is 1. The van der Waals surface area contributed by atoms with Crippen molar-refractivity contribution in [2.45, 2.75) is 57.7 Å². The number of nitrogens with zero attached hydrogens (tertiary/aromatic N) is 4. The SMILES string of the molecule is CCCc1ccc(CCc2ccc(-c3noc([C@@H]4CCCN4/C(N)=N/O)n3)cc2C(F)(F)F)cc1. The van der Waals surface area contributed by atoms with Gasteiger partial charge in [0.15, 0.2) is 0 Å². The Morgan fingerprint density at radius 2 is 1.86 bits per heavy atom. The number of aryl methyl sites for hydroxylation is 3. The van der Waals surface area contributed by atoms with Crippen molar-refractivity contribution in [3.05, 3.63) is 70.6 Å². The number of hydrogen-bond acceptors (Lipinski definition) is 5. The molecule has 0 radical (unpaired) electrons. The number of hydrogen-bond donors (Lipinski definition) is 2. The molecule has 1 fully saturated rings. The molecule has 10 heteroatoms. The van der Waals surface area contributed by atoms with E-state index in [9.17, 15) is 13.2 Å². The minimum absolute atomic E-state index is 0.0647. The molecule has 0 bridgehead atoms. The van der Waals surface area contributed by atoms with Crippen molar-refractivity contribution in [2.75, 3.05) is 6.54 Å². The van der Waals surface area contributed by atoms with Crippen molar-refractivity contribution in [3.63, 3.8) is 0 Å². The van der Waals surface area contributed by atoms with Crippen LogP contribution in [0.25, 0.3) is 11.4 Å². The van der Waals surface area contributed by atoms with Crippen LogP contribution in [0.4, 0.5) is 13.2 Å². The molecule has 1 aromatic heterocycles. The highest BCUT2D eigenvalue weighted by molar-refractivity contribution is 5.78. The molecule has 3 aromatic rings. The van der Waals surface area contributed by atoms with Crippen molar-refractivity contribution in [1.82, 2.24) is 15.0 Å². The Hall–Kier alpha value is -3.56. The van der Waals surface area contributed by atoms with Gasteiger partial charge in [0.2, 0.25) is 17.7 Å². The third-order valence-corrected chi connectivity index (χ3v) is 6.29. The van der Waals surface area contributed by atoms with E-state index < -0.39 is 17.8 Å². The summed E-state index contributed by atoms with van der Waals surface area (Å²) in [4.78, 5) is 5.94. The lowest BCUT2D eigenvalue weighted by Crippen LogP contribution is -2.36. The predicted molar refractivity (Wildman–Crippen MR) is 125 cm³/mol. The molecule has 1 atom stereocenters. The van der Waals surface area contributed by atoms with Crippen LogP contribution in [-0.2, 0) is 25.4 Å². The summed E-state index contributed by atoms with van der Waals surface area (Å²) in [6, 6.07) is 11.8. The molecule has 2 aromatic carbocycles.